The summed E-state index contributed by atoms with van der Waals surface area (Å²) in [7, 11) is -7.59. The zero-order valence-corrected chi connectivity index (χ0v) is 20.4. The molecular weight excluding hydrogens is 479 g/mol. The molecule has 34 heavy (non-hydrogen) atoms. The van der Waals surface area contributed by atoms with E-state index in [-0.39, 0.29) is 36.1 Å². The van der Waals surface area contributed by atoms with Gasteiger partial charge < -0.3 is 0 Å². The first-order valence-corrected chi connectivity index (χ1v) is 14.4. The molecule has 0 atom stereocenters. The average Bonchev–Trinajstić information content (AvgIpc) is 2.81. The topological polar surface area (TPSA) is 128 Å². The first-order chi connectivity index (χ1) is 16.2. The summed E-state index contributed by atoms with van der Waals surface area (Å²) < 4.78 is 37.4. The third kappa shape index (κ3) is 7.58. The summed E-state index contributed by atoms with van der Waals surface area (Å²) in [6, 6.07) is 22.3. The van der Waals surface area contributed by atoms with E-state index in [0.29, 0.717) is 6.61 Å². The van der Waals surface area contributed by atoms with Crippen molar-refractivity contribution in [3.63, 3.8) is 0 Å². The zero-order chi connectivity index (χ0) is 24.6. The van der Waals surface area contributed by atoms with Crippen LogP contribution in [0.4, 0.5) is 11.4 Å². The summed E-state index contributed by atoms with van der Waals surface area (Å²) in [6.07, 6.45) is 0.983. The standard InChI is InChI=1S/C23H27N2O7PS/c1-34(29,30)24-21-12-13-22(25(26)27)23(16-21)33(28,32-18-20-10-6-3-7-11-20)15-14-31-17-19-8-4-2-5-9-19/h2-13,16,24,28,33H,14-15,17-18H2,1H3. The summed E-state index contributed by atoms with van der Waals surface area (Å²) in [6.45, 7) is 0.429. The summed E-state index contributed by atoms with van der Waals surface area (Å²) >= 11 is 0. The van der Waals surface area contributed by atoms with Crippen molar-refractivity contribution >= 4 is 34.4 Å². The number of benzene rings is 3. The Hall–Kier alpha value is -2.88. The fraction of sp³-hybridized carbons (Fsp3) is 0.217. The van der Waals surface area contributed by atoms with Gasteiger partial charge in [-0.3, -0.25) is 0 Å². The van der Waals surface area contributed by atoms with E-state index in [1.165, 1.54) is 12.1 Å². The molecule has 3 aromatic rings. The Balaban J connectivity index is 1.89. The molecule has 0 radical (unpaired) electrons. The number of sulfonamides is 1. The Morgan fingerprint density at radius 1 is 0.971 bits per heavy atom. The van der Waals surface area contributed by atoms with Crippen LogP contribution in [0.2, 0.25) is 0 Å². The van der Waals surface area contributed by atoms with E-state index in [9.17, 15) is 23.4 Å². The van der Waals surface area contributed by atoms with Crippen LogP contribution in [0, 0.1) is 10.1 Å². The van der Waals surface area contributed by atoms with Gasteiger partial charge >= 0.3 is 199 Å². The number of hydrogen-bond acceptors (Lipinski definition) is 7. The molecule has 3 rings (SSSR count). The number of nitro benzene ring substituents is 1. The first kappa shape index (κ1) is 25.7. The number of ether oxygens (including phenoxy) is 1. The van der Waals surface area contributed by atoms with Crippen LogP contribution < -0.4 is 10.0 Å². The van der Waals surface area contributed by atoms with Gasteiger partial charge in [0.15, 0.2) is 0 Å². The molecule has 0 spiro atoms. The van der Waals surface area contributed by atoms with Crippen molar-refractivity contribution in [2.75, 3.05) is 23.7 Å². The van der Waals surface area contributed by atoms with Crippen LogP contribution in [0.1, 0.15) is 11.1 Å². The molecular formula is C23H27N2O7PS. The Morgan fingerprint density at radius 2 is 1.56 bits per heavy atom. The average molecular weight is 507 g/mol. The predicted molar refractivity (Wildman–Crippen MR) is 134 cm³/mol. The molecule has 0 aliphatic rings. The van der Waals surface area contributed by atoms with Gasteiger partial charge in [0.05, 0.1) is 0 Å². The number of nitrogens with zero attached hydrogens (tertiary/aromatic N) is 1. The van der Waals surface area contributed by atoms with E-state index in [1.807, 2.05) is 60.7 Å². The SMILES string of the molecule is CS(=O)(=O)Nc1ccc([N+](=O)[O-])c([PH](O)(CCOCc2ccccc2)OCc2ccccc2)c1. The molecule has 11 heteroatoms. The molecule has 0 amide bonds. The molecule has 0 aliphatic carbocycles. The summed E-state index contributed by atoms with van der Waals surface area (Å²) in [4.78, 5) is 22.8. The molecule has 0 fully saturated rings. The molecule has 182 valence electrons. The van der Waals surface area contributed by atoms with E-state index >= 15 is 0 Å². The van der Waals surface area contributed by atoms with Gasteiger partial charge in [0.1, 0.15) is 0 Å². The maximum absolute atomic E-state index is 11.7. The van der Waals surface area contributed by atoms with Gasteiger partial charge in [0.25, 0.3) is 0 Å². The molecule has 0 unspecified atom stereocenters. The summed E-state index contributed by atoms with van der Waals surface area (Å²) in [5, 5.41) is 11.7. The van der Waals surface area contributed by atoms with Gasteiger partial charge in [-0.1, -0.05) is 0 Å². The Kier molecular flexibility index (Phi) is 8.71. The van der Waals surface area contributed by atoms with Gasteiger partial charge in [-0.25, -0.2) is 0 Å². The molecule has 0 saturated carbocycles. The molecule has 0 bridgehead atoms. The molecule has 3 aromatic carbocycles. The number of nitrogens with one attached hydrogen (secondary N) is 1. The van der Waals surface area contributed by atoms with Crippen molar-refractivity contribution in [1.82, 2.24) is 0 Å². The maximum atomic E-state index is 11.7. The second-order valence-electron chi connectivity index (χ2n) is 7.71. The van der Waals surface area contributed by atoms with Crippen LogP contribution in [-0.2, 0) is 32.5 Å². The fourth-order valence-corrected chi connectivity index (χ4v) is 6.23. The van der Waals surface area contributed by atoms with Gasteiger partial charge in [0.2, 0.25) is 0 Å². The minimum absolute atomic E-state index is 0.00976. The number of hydrogen-bond donors (Lipinski definition) is 2. The monoisotopic (exact) mass is 506 g/mol. The molecule has 0 saturated heterocycles. The minimum atomic E-state index is -3.96. The predicted octanol–water partition coefficient (Wildman–Crippen LogP) is 3.60. The van der Waals surface area contributed by atoms with Crippen LogP contribution in [-0.4, -0.2) is 37.3 Å². The van der Waals surface area contributed by atoms with Crippen LogP contribution >= 0.6 is 7.72 Å². The summed E-state index contributed by atoms with van der Waals surface area (Å²) in [5.41, 5.74) is 1.49. The molecule has 2 N–H and O–H groups in total. The van der Waals surface area contributed by atoms with Crippen LogP contribution in [0.15, 0.2) is 78.9 Å². The number of rotatable bonds is 12. The number of nitro groups is 1. The van der Waals surface area contributed by atoms with E-state index in [0.717, 1.165) is 23.4 Å². The third-order valence-corrected chi connectivity index (χ3v) is 8.29. The fourth-order valence-electron chi connectivity index (χ4n) is 3.32. The molecule has 0 aliphatic heterocycles. The second-order valence-corrected chi connectivity index (χ2v) is 12.4. The van der Waals surface area contributed by atoms with E-state index in [2.05, 4.69) is 4.72 Å². The van der Waals surface area contributed by atoms with E-state index < -0.39 is 22.7 Å². The summed E-state index contributed by atoms with van der Waals surface area (Å²) in [5.74, 6) is 0. The normalized spacial score (nSPS) is 12.3. The van der Waals surface area contributed by atoms with Crippen molar-refractivity contribution < 1.29 is 27.5 Å². The van der Waals surface area contributed by atoms with Gasteiger partial charge in [-0.15, -0.1) is 0 Å². The Labute approximate surface area is 199 Å². The molecule has 0 heterocycles. The van der Waals surface area contributed by atoms with Gasteiger partial charge in [-0.2, -0.15) is 0 Å². The second kappa shape index (κ2) is 11.5. The van der Waals surface area contributed by atoms with E-state index in [1.54, 1.807) is 0 Å². The van der Waals surface area contributed by atoms with Crippen molar-refractivity contribution in [3.8, 4) is 0 Å². The first-order valence-electron chi connectivity index (χ1n) is 10.4. The van der Waals surface area contributed by atoms with Gasteiger partial charge in [0, 0.05) is 0 Å². The van der Waals surface area contributed by atoms with E-state index in [4.69, 9.17) is 9.26 Å². The Bertz CT molecular complexity index is 1210. The van der Waals surface area contributed by atoms with Crippen molar-refractivity contribution in [2.24, 2.45) is 0 Å². The van der Waals surface area contributed by atoms with Crippen LogP contribution in [0.3, 0.4) is 0 Å². The zero-order valence-electron chi connectivity index (χ0n) is 18.6. The van der Waals surface area contributed by atoms with Crippen molar-refractivity contribution in [1.29, 1.82) is 0 Å². The van der Waals surface area contributed by atoms with Crippen molar-refractivity contribution in [2.45, 2.75) is 13.2 Å². The molecule has 9 nitrogen and oxygen atoms in total. The quantitative estimate of drug-likeness (QED) is 0.166. The van der Waals surface area contributed by atoms with Crippen molar-refractivity contribution in [3.05, 3.63) is 100 Å². The van der Waals surface area contributed by atoms with Gasteiger partial charge in [-0.05, 0) is 0 Å². The molecule has 0 aromatic heterocycles. The Morgan fingerprint density at radius 3 is 2.12 bits per heavy atom. The third-order valence-electron chi connectivity index (χ3n) is 4.93. The number of anilines is 1. The van der Waals surface area contributed by atoms with Crippen LogP contribution in [0.5, 0.6) is 0 Å². The van der Waals surface area contributed by atoms with Crippen LogP contribution in [0.25, 0.3) is 0 Å².